The Morgan fingerprint density at radius 3 is 2.06 bits per heavy atom. The molecular weight excluding hydrogens is 337 g/mol. The zero-order valence-electron chi connectivity index (χ0n) is 8.68. The number of halogens is 5. The van der Waals surface area contributed by atoms with Crippen LogP contribution in [0.5, 0.6) is 11.5 Å². The van der Waals surface area contributed by atoms with Crippen molar-refractivity contribution < 1.29 is 4.74 Å². The van der Waals surface area contributed by atoms with E-state index in [-0.39, 0.29) is 5.02 Å². The van der Waals surface area contributed by atoms with Gasteiger partial charge in [0.2, 0.25) is 0 Å². The molecule has 0 aliphatic heterocycles. The maximum atomic E-state index is 6.02. The molecule has 2 aromatic carbocycles. The Hall–Kier alpha value is -0.310. The number of benzene rings is 2. The Kier molecular flexibility index (Phi) is 4.52. The second-order valence-corrected chi connectivity index (χ2v) is 5.44. The quantitative estimate of drug-likeness (QED) is 0.549. The molecule has 6 heteroatoms. The molecule has 0 atom stereocenters. The number of rotatable bonds is 2. The smallest absolute Gasteiger partial charge is 0.149 e. The van der Waals surface area contributed by atoms with Gasteiger partial charge in [-0.3, -0.25) is 0 Å². The monoisotopic (exact) mass is 340 g/mol. The maximum Gasteiger partial charge on any atom is 0.149 e. The van der Waals surface area contributed by atoms with E-state index in [0.717, 1.165) is 0 Å². The fraction of sp³-hybridized carbons (Fsp3) is 0. The van der Waals surface area contributed by atoms with Crippen molar-refractivity contribution in [3.05, 3.63) is 55.4 Å². The summed E-state index contributed by atoms with van der Waals surface area (Å²) in [5, 5.41) is 1.89. The Morgan fingerprint density at radius 2 is 1.33 bits per heavy atom. The average molecular weight is 342 g/mol. The van der Waals surface area contributed by atoms with Crippen LogP contribution in [0.3, 0.4) is 0 Å². The largest absolute Gasteiger partial charge is 0.454 e. The molecule has 0 amide bonds. The molecule has 1 nitrogen and oxygen atoms in total. The first-order valence-corrected chi connectivity index (χ1v) is 6.64. The zero-order valence-corrected chi connectivity index (χ0v) is 12.5. The van der Waals surface area contributed by atoms with Gasteiger partial charge in [-0.25, -0.2) is 0 Å². The van der Waals surface area contributed by atoms with Gasteiger partial charge in [-0.2, -0.15) is 0 Å². The maximum absolute atomic E-state index is 6.02. The summed E-state index contributed by atoms with van der Waals surface area (Å²) in [6.07, 6.45) is 0. The summed E-state index contributed by atoms with van der Waals surface area (Å²) in [6.45, 7) is 0. The third-order valence-electron chi connectivity index (χ3n) is 2.07. The van der Waals surface area contributed by atoms with E-state index in [1.807, 2.05) is 0 Å². The fourth-order valence-electron chi connectivity index (χ4n) is 1.28. The predicted octanol–water partition coefficient (Wildman–Crippen LogP) is 6.75. The van der Waals surface area contributed by atoms with E-state index >= 15 is 0 Å². The fourth-order valence-corrected chi connectivity index (χ4v) is 2.22. The highest BCUT2D eigenvalue weighted by molar-refractivity contribution is 6.44. The van der Waals surface area contributed by atoms with Gasteiger partial charge in [-0.15, -0.1) is 0 Å². The Bertz CT molecular complexity index is 597. The van der Waals surface area contributed by atoms with E-state index in [1.54, 1.807) is 24.3 Å². The van der Waals surface area contributed by atoms with Gasteiger partial charge in [0, 0.05) is 22.2 Å². The molecule has 94 valence electrons. The van der Waals surface area contributed by atoms with Crippen LogP contribution in [0.2, 0.25) is 25.1 Å². The molecule has 0 heterocycles. The number of ether oxygens (including phenoxy) is 1. The Balaban J connectivity index is 2.43. The lowest BCUT2D eigenvalue weighted by molar-refractivity contribution is 0.483. The van der Waals surface area contributed by atoms with Crippen molar-refractivity contribution in [2.75, 3.05) is 0 Å². The van der Waals surface area contributed by atoms with E-state index in [4.69, 9.17) is 62.7 Å². The molecule has 0 radical (unpaired) electrons. The Labute approximate surface area is 129 Å². The van der Waals surface area contributed by atoms with E-state index in [9.17, 15) is 0 Å². The SMILES string of the molecule is Clc1ccc(Cl)c(Oc2cc(Cl)cc(Cl)c2Cl)c1. The summed E-state index contributed by atoms with van der Waals surface area (Å²) in [6, 6.07) is 7.93. The second-order valence-electron chi connectivity index (χ2n) is 3.38. The molecule has 0 N–H and O–H groups in total. The summed E-state index contributed by atoms with van der Waals surface area (Å²) in [7, 11) is 0. The molecule has 2 aromatic rings. The molecule has 0 bridgehead atoms. The molecule has 0 saturated heterocycles. The van der Waals surface area contributed by atoms with E-state index in [1.165, 1.54) is 6.07 Å². The van der Waals surface area contributed by atoms with E-state index < -0.39 is 0 Å². The summed E-state index contributed by atoms with van der Waals surface area (Å²) in [5.74, 6) is 0.697. The molecule has 0 spiro atoms. The van der Waals surface area contributed by atoms with Gasteiger partial charge < -0.3 is 4.74 Å². The van der Waals surface area contributed by atoms with Crippen LogP contribution >= 0.6 is 58.0 Å². The molecule has 0 aliphatic carbocycles. The van der Waals surface area contributed by atoms with E-state index in [2.05, 4.69) is 0 Å². The third kappa shape index (κ3) is 3.17. The van der Waals surface area contributed by atoms with Crippen molar-refractivity contribution in [2.45, 2.75) is 0 Å². The minimum Gasteiger partial charge on any atom is -0.454 e. The molecule has 0 saturated carbocycles. The summed E-state index contributed by atoms with van der Waals surface area (Å²) in [4.78, 5) is 0. The van der Waals surface area contributed by atoms with Crippen molar-refractivity contribution >= 4 is 58.0 Å². The third-order valence-corrected chi connectivity index (χ3v) is 3.62. The van der Waals surface area contributed by atoms with Gasteiger partial charge in [0.25, 0.3) is 0 Å². The van der Waals surface area contributed by atoms with Gasteiger partial charge in [-0.1, -0.05) is 58.0 Å². The van der Waals surface area contributed by atoms with E-state index in [0.29, 0.717) is 31.6 Å². The van der Waals surface area contributed by atoms with Crippen LogP contribution in [0.15, 0.2) is 30.3 Å². The lowest BCUT2D eigenvalue weighted by Crippen LogP contribution is -1.87. The van der Waals surface area contributed by atoms with Crippen LogP contribution in [-0.2, 0) is 0 Å². The van der Waals surface area contributed by atoms with Gasteiger partial charge in [-0.05, 0) is 18.2 Å². The van der Waals surface area contributed by atoms with Gasteiger partial charge >= 0.3 is 0 Å². The first-order valence-electron chi connectivity index (χ1n) is 4.75. The highest BCUT2D eigenvalue weighted by Gasteiger charge is 2.11. The first-order chi connectivity index (χ1) is 8.47. The minimum absolute atomic E-state index is 0.261. The van der Waals surface area contributed by atoms with Crippen molar-refractivity contribution in [1.82, 2.24) is 0 Å². The van der Waals surface area contributed by atoms with Crippen molar-refractivity contribution in [1.29, 1.82) is 0 Å². The number of hydrogen-bond donors (Lipinski definition) is 0. The summed E-state index contributed by atoms with van der Waals surface area (Å²) in [5.41, 5.74) is 0. The lowest BCUT2D eigenvalue weighted by Gasteiger charge is -2.10. The highest BCUT2D eigenvalue weighted by atomic mass is 35.5. The predicted molar refractivity (Wildman–Crippen MR) is 78.0 cm³/mol. The zero-order chi connectivity index (χ0) is 13.3. The number of hydrogen-bond acceptors (Lipinski definition) is 1. The second kappa shape index (κ2) is 5.77. The minimum atomic E-state index is 0.261. The molecule has 0 aliphatic rings. The van der Waals surface area contributed by atoms with Crippen LogP contribution in [0, 0.1) is 0 Å². The molecule has 0 aromatic heterocycles. The molecular formula is C12H5Cl5O. The van der Waals surface area contributed by atoms with Crippen LogP contribution in [0.4, 0.5) is 0 Å². The summed E-state index contributed by atoms with van der Waals surface area (Å²) < 4.78 is 5.57. The Morgan fingerprint density at radius 1 is 0.667 bits per heavy atom. The van der Waals surface area contributed by atoms with Crippen molar-refractivity contribution in [3.63, 3.8) is 0 Å². The standard InChI is InChI=1S/C12H5Cl5O/c13-6-1-2-8(15)10(4-6)18-11-5-7(14)3-9(16)12(11)17/h1-5H. The van der Waals surface area contributed by atoms with Crippen LogP contribution in [-0.4, -0.2) is 0 Å². The normalized spacial score (nSPS) is 10.5. The topological polar surface area (TPSA) is 9.23 Å². The lowest BCUT2D eigenvalue weighted by atomic mass is 10.3. The van der Waals surface area contributed by atoms with Crippen molar-refractivity contribution in [3.8, 4) is 11.5 Å². The van der Waals surface area contributed by atoms with Crippen LogP contribution in [0.1, 0.15) is 0 Å². The highest BCUT2D eigenvalue weighted by Crippen LogP contribution is 2.40. The van der Waals surface area contributed by atoms with Gasteiger partial charge in [0.05, 0.1) is 10.0 Å². The molecule has 0 fully saturated rings. The molecule has 0 unspecified atom stereocenters. The summed E-state index contributed by atoms with van der Waals surface area (Å²) >= 11 is 29.6. The van der Waals surface area contributed by atoms with Crippen LogP contribution < -0.4 is 4.74 Å². The first kappa shape index (κ1) is 14.1. The van der Waals surface area contributed by atoms with Gasteiger partial charge in [0.15, 0.2) is 0 Å². The van der Waals surface area contributed by atoms with Gasteiger partial charge in [0.1, 0.15) is 16.5 Å². The van der Waals surface area contributed by atoms with Crippen molar-refractivity contribution in [2.24, 2.45) is 0 Å². The van der Waals surface area contributed by atoms with Crippen LogP contribution in [0.25, 0.3) is 0 Å². The molecule has 18 heavy (non-hydrogen) atoms. The molecule has 2 rings (SSSR count). The average Bonchev–Trinajstić information content (AvgIpc) is 2.30.